The molecule has 328 valence electrons. The molecule has 0 aromatic heterocycles. The van der Waals surface area contributed by atoms with Crippen LogP contribution in [-0.2, 0) is 20.6 Å². The van der Waals surface area contributed by atoms with E-state index in [1.807, 2.05) is 45.0 Å². The lowest BCUT2D eigenvalue weighted by Gasteiger charge is -2.32. The second kappa shape index (κ2) is 19.4. The summed E-state index contributed by atoms with van der Waals surface area (Å²) < 4.78 is 202. The molecule has 2 rings (SSSR count). The molecule has 0 aliphatic carbocycles. The Morgan fingerprint density at radius 2 is 1.10 bits per heavy atom. The first-order valence-electron chi connectivity index (χ1n) is 15.9. The van der Waals surface area contributed by atoms with Crippen molar-refractivity contribution in [3.8, 4) is 0 Å². The number of carbonyl (C=O) groups is 1. The molecule has 0 aliphatic rings. The van der Waals surface area contributed by atoms with Crippen molar-refractivity contribution < 1.29 is 89.7 Å². The van der Waals surface area contributed by atoms with Gasteiger partial charge in [-0.05, 0) is 75.9 Å². The first-order valence-corrected chi connectivity index (χ1v) is 15.9. The Morgan fingerprint density at radius 3 is 1.47 bits per heavy atom. The molecule has 0 atom stereocenters. The summed E-state index contributed by atoms with van der Waals surface area (Å²) in [5, 5.41) is 9.79. The van der Waals surface area contributed by atoms with Crippen LogP contribution in [0.5, 0.6) is 0 Å². The van der Waals surface area contributed by atoms with Crippen LogP contribution in [0.4, 0.5) is 75.0 Å². The average Bonchev–Trinajstić information content (AvgIpc) is 3.10. The van der Waals surface area contributed by atoms with Gasteiger partial charge in [0.25, 0.3) is 0 Å². The van der Waals surface area contributed by atoms with Crippen LogP contribution in [0.3, 0.4) is 0 Å². The number of aliphatic hydroxyl groups excluding tert-OH is 1. The lowest BCUT2D eigenvalue weighted by atomic mass is 9.92. The molecule has 0 aliphatic heterocycles. The molecule has 0 fully saturated rings. The quantitative estimate of drug-likeness (QED) is 0.106. The van der Waals surface area contributed by atoms with Gasteiger partial charge in [0.1, 0.15) is 6.61 Å². The molecule has 0 saturated heterocycles. The molecule has 0 saturated carbocycles. The Balaban J connectivity index is 0.000000937. The van der Waals surface area contributed by atoms with Crippen LogP contribution in [0.2, 0.25) is 0 Å². The normalized spacial score (nSPS) is 13.1. The molecular weight excluding hydrogens is 828 g/mol. The van der Waals surface area contributed by atoms with Gasteiger partial charge < -0.3 is 15.2 Å². The van der Waals surface area contributed by atoms with Crippen LogP contribution in [0, 0.1) is 0 Å². The third-order valence-corrected chi connectivity index (χ3v) is 7.77. The summed E-state index contributed by atoms with van der Waals surface area (Å²) in [5.74, 6) is -36.6. The molecule has 6 nitrogen and oxygen atoms in total. The zero-order valence-corrected chi connectivity index (χ0v) is 31.3. The first-order chi connectivity index (χ1) is 25.9. The highest BCUT2D eigenvalue weighted by Gasteiger charge is 2.76. The number of carbonyl (C=O) groups excluding carboxylic acids is 2. The van der Waals surface area contributed by atoms with Crippen LogP contribution < -0.4 is 5.32 Å². The summed E-state index contributed by atoms with van der Waals surface area (Å²) in [6.07, 6.45) is -10.0. The maximum atomic E-state index is 13.4. The summed E-state index contributed by atoms with van der Waals surface area (Å²) in [6.45, 7) is 12.7. The average molecular weight is 867 g/mol. The highest BCUT2D eigenvalue weighted by Crippen LogP contribution is 2.49. The van der Waals surface area contributed by atoms with Crippen LogP contribution in [-0.4, -0.2) is 78.9 Å². The Kier molecular flexibility index (Phi) is 17.9. The maximum absolute atomic E-state index is 13.4. The van der Waals surface area contributed by atoms with Crippen molar-refractivity contribution in [3.05, 3.63) is 83.9 Å². The van der Waals surface area contributed by atoms with Crippen LogP contribution in [0.1, 0.15) is 63.8 Å². The van der Waals surface area contributed by atoms with Crippen molar-refractivity contribution in [1.82, 2.24) is 5.32 Å². The summed E-state index contributed by atoms with van der Waals surface area (Å²) in [5.41, 5.74) is 3.16. The topological polar surface area (TPSA) is 88.0 Å². The fourth-order valence-electron chi connectivity index (χ4n) is 3.99. The molecule has 0 bridgehead atoms. The zero-order valence-electron chi connectivity index (χ0n) is 31.3. The molecule has 0 radical (unpaired) electrons. The molecule has 2 aromatic rings. The number of allylic oxidation sites excluding steroid dienone is 2. The standard InChI is InChI=1S/C18H19F8NO2.C13H15NO.C5H4F8O/c1-10(2)11-6-5-7-12(8-11)15(3,4)27-14(28)29-9-16(21,22)18(25,26)17(23,24)13(19)20;1-10(2)11-6-5-7-12(8-11)13(3,4)14-9-15;6-2(7)4(10,11)5(12,13)3(8,9)1-14/h5-8,13H,1,9H2,2-4H3,(H,27,28);5-8H,1H2,2-4H3;2,14H,1H2. The van der Waals surface area contributed by atoms with E-state index in [1.54, 1.807) is 37.3 Å². The van der Waals surface area contributed by atoms with Gasteiger partial charge in [-0.25, -0.2) is 27.2 Å². The van der Waals surface area contributed by atoms with Gasteiger partial charge >= 0.3 is 54.5 Å². The molecule has 22 heteroatoms. The van der Waals surface area contributed by atoms with Crippen molar-refractivity contribution in [3.63, 3.8) is 0 Å². The van der Waals surface area contributed by atoms with Gasteiger partial charge in [0.2, 0.25) is 6.08 Å². The van der Waals surface area contributed by atoms with E-state index in [4.69, 9.17) is 5.11 Å². The zero-order chi connectivity index (χ0) is 46.1. The summed E-state index contributed by atoms with van der Waals surface area (Å²) in [7, 11) is 0. The predicted molar refractivity (Wildman–Crippen MR) is 180 cm³/mol. The maximum Gasteiger partial charge on any atom is 0.408 e. The van der Waals surface area contributed by atoms with Crippen LogP contribution in [0.15, 0.2) is 66.7 Å². The minimum Gasteiger partial charge on any atom is -0.443 e. The lowest BCUT2D eigenvalue weighted by molar-refractivity contribution is -0.343. The van der Waals surface area contributed by atoms with Gasteiger partial charge in [-0.3, -0.25) is 0 Å². The number of hydrogen-bond acceptors (Lipinski definition) is 5. The van der Waals surface area contributed by atoms with Crippen molar-refractivity contribution in [2.24, 2.45) is 4.99 Å². The van der Waals surface area contributed by atoms with Gasteiger partial charge in [-0.15, -0.1) is 0 Å². The number of hydrogen-bond donors (Lipinski definition) is 2. The van der Waals surface area contributed by atoms with E-state index in [9.17, 15) is 79.8 Å². The number of aliphatic imine (C=N–C) groups is 1. The number of isocyanates is 1. The third-order valence-electron chi connectivity index (χ3n) is 7.77. The lowest BCUT2D eigenvalue weighted by Crippen LogP contribution is -2.59. The van der Waals surface area contributed by atoms with Crippen molar-refractivity contribution in [2.45, 2.75) is 101 Å². The number of nitrogens with zero attached hydrogens (tertiary/aromatic N) is 1. The fraction of sp³-hybridized carbons (Fsp3) is 0.500. The largest absolute Gasteiger partial charge is 0.443 e. The summed E-state index contributed by atoms with van der Waals surface area (Å²) >= 11 is 0. The Hall–Kier alpha value is -4.59. The highest BCUT2D eigenvalue weighted by molar-refractivity contribution is 5.69. The van der Waals surface area contributed by atoms with Gasteiger partial charge in [-0.1, -0.05) is 60.7 Å². The summed E-state index contributed by atoms with van der Waals surface area (Å²) in [6, 6.07) is 14.4. The number of halogens is 16. The molecule has 2 aromatic carbocycles. The molecule has 1 amide bonds. The number of alkyl halides is 16. The van der Waals surface area contributed by atoms with Crippen LogP contribution >= 0.6 is 0 Å². The Labute approximate surface area is 321 Å². The molecule has 0 unspecified atom stereocenters. The first kappa shape index (κ1) is 53.4. The Bertz CT molecular complexity index is 1770. The van der Waals surface area contributed by atoms with E-state index in [-0.39, 0.29) is 0 Å². The fourth-order valence-corrected chi connectivity index (χ4v) is 3.99. The van der Waals surface area contributed by atoms with Gasteiger partial charge in [0.05, 0.1) is 11.1 Å². The molecule has 2 N–H and O–H groups in total. The number of amides is 1. The monoisotopic (exact) mass is 866 g/mol. The number of aliphatic hydroxyl groups is 1. The summed E-state index contributed by atoms with van der Waals surface area (Å²) in [4.78, 5) is 25.8. The van der Waals surface area contributed by atoms with Gasteiger partial charge in [-0.2, -0.15) is 57.7 Å². The van der Waals surface area contributed by atoms with Gasteiger partial charge in [0.15, 0.2) is 6.61 Å². The van der Waals surface area contributed by atoms with E-state index in [2.05, 4.69) is 28.2 Å². The van der Waals surface area contributed by atoms with E-state index in [0.717, 1.165) is 16.7 Å². The molecule has 58 heavy (non-hydrogen) atoms. The van der Waals surface area contributed by atoms with Crippen LogP contribution in [0.25, 0.3) is 11.1 Å². The number of nitrogens with one attached hydrogen (secondary N) is 1. The number of benzene rings is 2. The third kappa shape index (κ3) is 12.7. The van der Waals surface area contributed by atoms with E-state index < -0.39 is 78.8 Å². The van der Waals surface area contributed by atoms with E-state index in [1.165, 1.54) is 13.8 Å². The van der Waals surface area contributed by atoms with Crippen molar-refractivity contribution >= 4 is 23.3 Å². The second-order valence-corrected chi connectivity index (χ2v) is 13.4. The smallest absolute Gasteiger partial charge is 0.408 e. The van der Waals surface area contributed by atoms with E-state index in [0.29, 0.717) is 16.7 Å². The van der Waals surface area contributed by atoms with E-state index >= 15 is 0 Å². The van der Waals surface area contributed by atoms with Crippen molar-refractivity contribution in [1.29, 1.82) is 0 Å². The number of rotatable bonds is 15. The second-order valence-electron chi connectivity index (χ2n) is 13.4. The SMILES string of the molecule is C=C(C)c1cccc(C(C)(C)N=C=O)c1.C=C(C)c1cccc(C(C)(C)NC(=O)OCC(F)(F)C(F)(F)C(F)(F)C(F)F)c1.OCC(F)(F)C(F)(F)C(F)(F)C(F)F. The van der Waals surface area contributed by atoms with Gasteiger partial charge in [0, 0.05) is 0 Å². The minimum atomic E-state index is -6.44. The number of ether oxygens (including phenoxy) is 1. The predicted octanol–water partition coefficient (Wildman–Crippen LogP) is 11.3. The minimum absolute atomic E-state index is 0.469. The molecular formula is C36H38F16N2O4. The molecule has 0 heterocycles. The highest BCUT2D eigenvalue weighted by atomic mass is 19.4. The Morgan fingerprint density at radius 1 is 0.724 bits per heavy atom. The van der Waals surface area contributed by atoms with Crippen molar-refractivity contribution in [2.75, 3.05) is 13.2 Å². The molecule has 0 spiro atoms. The number of alkyl carbamates (subject to hydrolysis) is 1.